The molecule has 2 nitrogen and oxygen atoms in total. The van der Waals surface area contributed by atoms with Gasteiger partial charge in [-0.15, -0.1) is 0 Å². The first-order valence-corrected chi connectivity index (χ1v) is 6.13. The lowest BCUT2D eigenvalue weighted by Gasteiger charge is -2.37. The van der Waals surface area contributed by atoms with Gasteiger partial charge < -0.3 is 9.34 Å². The molecule has 1 aliphatic heterocycles. The Kier molecular flexibility index (Phi) is 3.10. The van der Waals surface area contributed by atoms with E-state index in [9.17, 15) is 0 Å². The molecule has 0 radical (unpaired) electrons. The topological polar surface area (TPSA) is 6.48 Å². The maximum absolute atomic E-state index is 6.22. The summed E-state index contributed by atoms with van der Waals surface area (Å²) in [7, 11) is 0.616. The lowest BCUT2D eigenvalue weighted by Crippen LogP contribution is -2.34. The molecular formula is C10H20ClN2P. The first kappa shape index (κ1) is 12.1. The van der Waals surface area contributed by atoms with Crippen molar-refractivity contribution in [2.24, 2.45) is 0 Å². The van der Waals surface area contributed by atoms with Crippen molar-refractivity contribution < 1.29 is 0 Å². The first-order chi connectivity index (χ1) is 6.12. The van der Waals surface area contributed by atoms with Gasteiger partial charge in [0.15, 0.2) is 0 Å². The van der Waals surface area contributed by atoms with Gasteiger partial charge in [0.25, 0.3) is 0 Å². The molecule has 82 valence electrons. The summed E-state index contributed by atoms with van der Waals surface area (Å²) in [4.78, 5) is 0. The van der Waals surface area contributed by atoms with Crippen LogP contribution < -0.4 is 0 Å². The summed E-state index contributed by atoms with van der Waals surface area (Å²) in [6.07, 6.45) is 2.05. The van der Waals surface area contributed by atoms with Gasteiger partial charge >= 0.3 is 0 Å². The van der Waals surface area contributed by atoms with Crippen molar-refractivity contribution in [3.8, 4) is 0 Å². The van der Waals surface area contributed by atoms with Crippen molar-refractivity contribution in [2.45, 2.75) is 52.6 Å². The van der Waals surface area contributed by atoms with E-state index >= 15 is 0 Å². The number of rotatable bonds is 0. The quantitative estimate of drug-likeness (QED) is 0.465. The average Bonchev–Trinajstić information content (AvgIpc) is 2.27. The van der Waals surface area contributed by atoms with Crippen LogP contribution in [0.3, 0.4) is 0 Å². The third kappa shape index (κ3) is 2.55. The fraction of sp³-hybridized carbons (Fsp3) is 0.800. The summed E-state index contributed by atoms with van der Waals surface area (Å²) in [5.41, 5.74) is 0.255. The van der Waals surface area contributed by atoms with Gasteiger partial charge in [0, 0.05) is 17.3 Å². The van der Waals surface area contributed by atoms with Crippen LogP contribution in [0.2, 0.25) is 0 Å². The van der Waals surface area contributed by atoms with Crippen LogP contribution >= 0.6 is 20.5 Å². The predicted molar refractivity (Wildman–Crippen MR) is 65.4 cm³/mol. The Morgan fingerprint density at radius 3 is 1.79 bits per heavy atom. The number of halogens is 1. The van der Waals surface area contributed by atoms with Gasteiger partial charge in [0.05, 0.1) is 8.88 Å². The highest BCUT2D eigenvalue weighted by atomic mass is 35.5. The predicted octanol–water partition coefficient (Wildman–Crippen LogP) is 3.75. The Bertz CT molecular complexity index is 250. The third-order valence-electron chi connectivity index (χ3n) is 2.05. The minimum atomic E-state index is 0.103. The fourth-order valence-corrected chi connectivity index (χ4v) is 2.86. The molecule has 0 saturated carbocycles. The van der Waals surface area contributed by atoms with Gasteiger partial charge in [-0.05, 0) is 41.5 Å². The SMILES string of the molecule is CC(C)(C)N1C=C(Cl)N(C(C)(C)C)P1. The second-order valence-electron chi connectivity index (χ2n) is 5.60. The van der Waals surface area contributed by atoms with E-state index in [2.05, 4.69) is 50.9 Å². The molecule has 0 N–H and O–H groups in total. The smallest absolute Gasteiger partial charge is 0.126 e. The molecule has 0 aromatic heterocycles. The van der Waals surface area contributed by atoms with E-state index in [0.29, 0.717) is 8.88 Å². The van der Waals surface area contributed by atoms with Crippen molar-refractivity contribution in [1.29, 1.82) is 0 Å². The maximum Gasteiger partial charge on any atom is 0.126 e. The zero-order valence-corrected chi connectivity index (χ0v) is 11.6. The normalized spacial score (nSPS) is 20.6. The molecule has 4 heteroatoms. The van der Waals surface area contributed by atoms with Crippen molar-refractivity contribution in [3.63, 3.8) is 0 Å². The van der Waals surface area contributed by atoms with Crippen LogP contribution in [0.15, 0.2) is 11.4 Å². The highest BCUT2D eigenvalue weighted by molar-refractivity contribution is 7.33. The Morgan fingerprint density at radius 1 is 1.07 bits per heavy atom. The van der Waals surface area contributed by atoms with Gasteiger partial charge in [0.1, 0.15) is 5.16 Å². The highest BCUT2D eigenvalue weighted by Gasteiger charge is 2.33. The summed E-state index contributed by atoms with van der Waals surface area (Å²) in [5, 5.41) is 0.853. The van der Waals surface area contributed by atoms with Gasteiger partial charge in [-0.2, -0.15) is 0 Å². The first-order valence-electron chi connectivity index (χ1n) is 4.85. The molecule has 14 heavy (non-hydrogen) atoms. The number of hydrogen-bond acceptors (Lipinski definition) is 2. The largest absolute Gasteiger partial charge is 0.334 e. The van der Waals surface area contributed by atoms with Crippen LogP contribution in [0, 0.1) is 0 Å². The molecule has 0 fully saturated rings. The van der Waals surface area contributed by atoms with Gasteiger partial charge in [-0.3, -0.25) is 0 Å². The molecule has 1 rings (SSSR count). The van der Waals surface area contributed by atoms with Gasteiger partial charge in [-0.25, -0.2) is 0 Å². The zero-order chi connectivity index (χ0) is 11.1. The van der Waals surface area contributed by atoms with Crippen LogP contribution in [-0.2, 0) is 0 Å². The molecule has 0 spiro atoms. The van der Waals surface area contributed by atoms with E-state index in [1.807, 2.05) is 6.20 Å². The summed E-state index contributed by atoms with van der Waals surface area (Å²) >= 11 is 6.22. The van der Waals surface area contributed by atoms with E-state index in [1.165, 1.54) is 0 Å². The van der Waals surface area contributed by atoms with Crippen LogP contribution in [-0.4, -0.2) is 20.4 Å². The van der Waals surface area contributed by atoms with Gasteiger partial charge in [-0.1, -0.05) is 11.6 Å². The molecule has 0 aromatic rings. The molecule has 1 aliphatic rings. The second kappa shape index (κ2) is 3.57. The molecule has 1 unspecified atom stereocenters. The Balaban J connectivity index is 2.80. The second-order valence-corrected chi connectivity index (χ2v) is 7.12. The highest BCUT2D eigenvalue weighted by Crippen LogP contribution is 2.46. The van der Waals surface area contributed by atoms with Crippen molar-refractivity contribution in [1.82, 2.24) is 9.34 Å². The third-order valence-corrected chi connectivity index (χ3v) is 4.59. The Morgan fingerprint density at radius 2 is 1.57 bits per heavy atom. The number of hydrogen-bond donors (Lipinski definition) is 0. The van der Waals surface area contributed by atoms with E-state index in [1.54, 1.807) is 0 Å². The zero-order valence-electron chi connectivity index (χ0n) is 9.85. The maximum atomic E-state index is 6.22. The lowest BCUT2D eigenvalue weighted by molar-refractivity contribution is 0.317. The van der Waals surface area contributed by atoms with E-state index in [4.69, 9.17) is 11.6 Å². The summed E-state index contributed by atoms with van der Waals surface area (Å²) in [6, 6.07) is 0. The summed E-state index contributed by atoms with van der Waals surface area (Å²) < 4.78 is 4.53. The molecule has 0 aromatic carbocycles. The standard InChI is InChI=1S/C10H20ClN2P/c1-9(2,3)12-7-8(11)13(14-12)10(4,5)6/h7,14H,1-6H3. The van der Waals surface area contributed by atoms with Crippen molar-refractivity contribution >= 4 is 20.5 Å². The minimum absolute atomic E-state index is 0.103. The average molecular weight is 235 g/mol. The van der Waals surface area contributed by atoms with Gasteiger partial charge in [0.2, 0.25) is 0 Å². The fourth-order valence-electron chi connectivity index (χ4n) is 1.16. The molecule has 0 saturated heterocycles. The Hall–Kier alpha value is 0.0600. The minimum Gasteiger partial charge on any atom is -0.334 e. The van der Waals surface area contributed by atoms with E-state index < -0.39 is 0 Å². The van der Waals surface area contributed by atoms with Crippen LogP contribution in [0.5, 0.6) is 0 Å². The molecule has 0 amide bonds. The molecule has 0 bridgehead atoms. The van der Waals surface area contributed by atoms with Crippen LogP contribution in [0.1, 0.15) is 41.5 Å². The van der Waals surface area contributed by atoms with E-state index in [0.717, 1.165) is 5.16 Å². The van der Waals surface area contributed by atoms with E-state index in [-0.39, 0.29) is 11.1 Å². The van der Waals surface area contributed by atoms with Crippen LogP contribution in [0.25, 0.3) is 0 Å². The molecule has 0 aliphatic carbocycles. The van der Waals surface area contributed by atoms with Crippen LogP contribution in [0.4, 0.5) is 0 Å². The molecular weight excluding hydrogens is 215 g/mol. The molecule has 1 atom stereocenters. The Labute approximate surface area is 94.2 Å². The number of nitrogens with zero attached hydrogens (tertiary/aromatic N) is 2. The van der Waals surface area contributed by atoms with Crippen molar-refractivity contribution in [2.75, 3.05) is 0 Å². The summed E-state index contributed by atoms with van der Waals surface area (Å²) in [5.74, 6) is 0. The lowest BCUT2D eigenvalue weighted by atomic mass is 10.1. The molecule has 1 heterocycles. The summed E-state index contributed by atoms with van der Waals surface area (Å²) in [6.45, 7) is 13.2. The monoisotopic (exact) mass is 234 g/mol. The van der Waals surface area contributed by atoms with Crippen molar-refractivity contribution in [3.05, 3.63) is 11.4 Å².